The van der Waals surface area contributed by atoms with E-state index in [-0.39, 0.29) is 11.9 Å². The average molecular weight is 275 g/mol. The van der Waals surface area contributed by atoms with Gasteiger partial charge in [-0.3, -0.25) is 9.78 Å². The molecule has 1 unspecified atom stereocenters. The summed E-state index contributed by atoms with van der Waals surface area (Å²) in [6, 6.07) is 1.94. The zero-order valence-corrected chi connectivity index (χ0v) is 12.3. The number of imidazole rings is 1. The predicted molar refractivity (Wildman–Crippen MR) is 77.5 cm³/mol. The maximum atomic E-state index is 12.1. The second-order valence-electron chi connectivity index (χ2n) is 4.70. The van der Waals surface area contributed by atoms with Crippen LogP contribution in [0.15, 0.2) is 18.5 Å². The number of carbonyl (C=O) groups excluding carboxylic acids is 1. The van der Waals surface area contributed by atoms with Crippen molar-refractivity contribution in [2.75, 3.05) is 6.61 Å². The van der Waals surface area contributed by atoms with Crippen molar-refractivity contribution in [2.45, 2.75) is 46.1 Å². The Kier molecular flexibility index (Phi) is 4.71. The molecule has 0 aliphatic rings. The molecule has 0 spiro atoms. The molecule has 1 atom stereocenters. The van der Waals surface area contributed by atoms with E-state index in [1.54, 1.807) is 12.4 Å². The first-order valence-corrected chi connectivity index (χ1v) is 7.19. The number of rotatable bonds is 6. The van der Waals surface area contributed by atoms with Crippen LogP contribution in [-0.4, -0.2) is 27.1 Å². The molecular weight excluding hydrogens is 254 g/mol. The van der Waals surface area contributed by atoms with Crippen LogP contribution in [0.1, 0.15) is 45.4 Å². The topological polar surface area (TPSA) is 57.0 Å². The van der Waals surface area contributed by atoms with Crippen molar-refractivity contribution >= 4 is 17.0 Å². The van der Waals surface area contributed by atoms with Gasteiger partial charge in [0.15, 0.2) is 0 Å². The molecule has 0 saturated carbocycles. The molecule has 20 heavy (non-hydrogen) atoms. The Bertz CT molecular complexity index is 592. The first kappa shape index (κ1) is 14.5. The van der Waals surface area contributed by atoms with Crippen molar-refractivity contribution in [3.05, 3.63) is 24.3 Å². The molecule has 5 nitrogen and oxygen atoms in total. The lowest BCUT2D eigenvalue weighted by molar-refractivity contribution is -0.145. The number of fused-ring (bicyclic) bond motifs is 1. The van der Waals surface area contributed by atoms with Crippen LogP contribution in [-0.2, 0) is 16.1 Å². The fourth-order valence-corrected chi connectivity index (χ4v) is 2.42. The Hall–Kier alpha value is -1.91. The molecule has 0 aromatic carbocycles. The molecule has 0 aliphatic heterocycles. The molecule has 0 N–H and O–H groups in total. The Morgan fingerprint density at radius 2 is 2.20 bits per heavy atom. The summed E-state index contributed by atoms with van der Waals surface area (Å²) in [5.41, 5.74) is 1.86. The Balaban J connectivity index is 2.50. The van der Waals surface area contributed by atoms with E-state index in [4.69, 9.17) is 4.74 Å². The lowest BCUT2D eigenvalue weighted by Crippen LogP contribution is -2.19. The minimum absolute atomic E-state index is 0.199. The maximum Gasteiger partial charge on any atom is 0.316 e. The van der Waals surface area contributed by atoms with Gasteiger partial charge in [-0.1, -0.05) is 13.8 Å². The Morgan fingerprint density at radius 3 is 2.85 bits per heavy atom. The number of ether oxygens (including phenoxy) is 1. The van der Waals surface area contributed by atoms with E-state index >= 15 is 0 Å². The minimum Gasteiger partial charge on any atom is -0.465 e. The summed E-state index contributed by atoms with van der Waals surface area (Å²) < 4.78 is 7.28. The second kappa shape index (κ2) is 6.50. The first-order chi connectivity index (χ1) is 9.72. The number of pyridine rings is 1. The summed E-state index contributed by atoms with van der Waals surface area (Å²) in [5.74, 6) is 0.278. The molecule has 2 aromatic rings. The fraction of sp³-hybridized carbons (Fsp3) is 0.533. The van der Waals surface area contributed by atoms with E-state index in [1.165, 1.54) is 0 Å². The third-order valence-corrected chi connectivity index (χ3v) is 3.32. The van der Waals surface area contributed by atoms with E-state index in [0.29, 0.717) is 13.0 Å². The molecular formula is C15H21N3O2. The van der Waals surface area contributed by atoms with Gasteiger partial charge >= 0.3 is 5.97 Å². The molecule has 0 bridgehead atoms. The standard InChI is InChI=1S/C15H21N3O2/c1-4-9-18-13-7-8-16-10-12(13)17-14(18)11(5-2)15(19)20-6-3/h7-8,10-11H,4-6,9H2,1-3H3. The fourth-order valence-electron chi connectivity index (χ4n) is 2.42. The van der Waals surface area contributed by atoms with Crippen molar-refractivity contribution in [2.24, 2.45) is 0 Å². The highest BCUT2D eigenvalue weighted by Gasteiger charge is 2.26. The zero-order valence-electron chi connectivity index (χ0n) is 12.3. The van der Waals surface area contributed by atoms with Crippen molar-refractivity contribution in [1.82, 2.24) is 14.5 Å². The first-order valence-electron chi connectivity index (χ1n) is 7.19. The number of hydrogen-bond donors (Lipinski definition) is 0. The molecule has 108 valence electrons. The number of carbonyl (C=O) groups is 1. The smallest absolute Gasteiger partial charge is 0.316 e. The second-order valence-corrected chi connectivity index (χ2v) is 4.70. The highest BCUT2D eigenvalue weighted by atomic mass is 16.5. The molecule has 5 heteroatoms. The largest absolute Gasteiger partial charge is 0.465 e. The van der Waals surface area contributed by atoms with Crippen LogP contribution in [0.2, 0.25) is 0 Å². The van der Waals surface area contributed by atoms with Crippen LogP contribution in [0.3, 0.4) is 0 Å². The Morgan fingerprint density at radius 1 is 1.40 bits per heavy atom. The van der Waals surface area contributed by atoms with E-state index in [1.807, 2.05) is 19.9 Å². The zero-order chi connectivity index (χ0) is 14.5. The van der Waals surface area contributed by atoms with Gasteiger partial charge in [0.25, 0.3) is 0 Å². The average Bonchev–Trinajstić information content (AvgIpc) is 2.80. The SMILES string of the molecule is CCCn1c(C(CC)C(=O)OCC)nc2cnccc21. The molecule has 0 aliphatic carbocycles. The van der Waals surface area contributed by atoms with Gasteiger partial charge in [0.2, 0.25) is 0 Å². The summed E-state index contributed by atoms with van der Waals surface area (Å²) in [6.07, 6.45) is 5.16. The molecule has 2 rings (SSSR count). The molecule has 0 radical (unpaired) electrons. The number of hydrogen-bond acceptors (Lipinski definition) is 4. The number of aryl methyl sites for hydroxylation is 1. The van der Waals surface area contributed by atoms with Crippen molar-refractivity contribution in [1.29, 1.82) is 0 Å². The van der Waals surface area contributed by atoms with Crippen molar-refractivity contribution in [3.63, 3.8) is 0 Å². The van der Waals surface area contributed by atoms with Crippen molar-refractivity contribution < 1.29 is 9.53 Å². The summed E-state index contributed by atoms with van der Waals surface area (Å²) in [4.78, 5) is 20.8. The van der Waals surface area contributed by atoms with Gasteiger partial charge in [-0.05, 0) is 25.8 Å². The van der Waals surface area contributed by atoms with Gasteiger partial charge in [0.05, 0.1) is 18.3 Å². The van der Waals surface area contributed by atoms with Crippen LogP contribution in [0.4, 0.5) is 0 Å². The number of aromatic nitrogens is 3. The van der Waals surface area contributed by atoms with E-state index in [9.17, 15) is 4.79 Å². The summed E-state index contributed by atoms with van der Waals surface area (Å²) >= 11 is 0. The highest BCUT2D eigenvalue weighted by Crippen LogP contribution is 2.25. The Labute approximate surface area is 119 Å². The molecule has 0 amide bonds. The van der Waals surface area contributed by atoms with Gasteiger partial charge in [0.1, 0.15) is 17.3 Å². The van der Waals surface area contributed by atoms with Gasteiger partial charge in [-0.2, -0.15) is 0 Å². The third-order valence-electron chi connectivity index (χ3n) is 3.32. The lowest BCUT2D eigenvalue weighted by atomic mass is 10.1. The van der Waals surface area contributed by atoms with Crippen LogP contribution in [0, 0.1) is 0 Å². The van der Waals surface area contributed by atoms with Crippen LogP contribution in [0.5, 0.6) is 0 Å². The molecule has 2 aromatic heterocycles. The predicted octanol–water partition coefficient (Wildman–Crippen LogP) is 2.90. The minimum atomic E-state index is -0.311. The van der Waals surface area contributed by atoms with Crippen LogP contribution >= 0.6 is 0 Å². The van der Waals surface area contributed by atoms with Gasteiger partial charge in [0, 0.05) is 12.7 Å². The number of nitrogens with zero attached hydrogens (tertiary/aromatic N) is 3. The maximum absolute atomic E-state index is 12.1. The van der Waals surface area contributed by atoms with Crippen LogP contribution < -0.4 is 0 Å². The molecule has 0 saturated heterocycles. The lowest BCUT2D eigenvalue weighted by Gasteiger charge is -2.15. The summed E-state index contributed by atoms with van der Waals surface area (Å²) in [5, 5.41) is 0. The normalized spacial score (nSPS) is 12.6. The molecule has 2 heterocycles. The van der Waals surface area contributed by atoms with Gasteiger partial charge in [-0.15, -0.1) is 0 Å². The van der Waals surface area contributed by atoms with Crippen molar-refractivity contribution in [3.8, 4) is 0 Å². The van der Waals surface area contributed by atoms with E-state index in [0.717, 1.165) is 29.8 Å². The van der Waals surface area contributed by atoms with Gasteiger partial charge < -0.3 is 9.30 Å². The highest BCUT2D eigenvalue weighted by molar-refractivity contribution is 5.80. The van der Waals surface area contributed by atoms with E-state index in [2.05, 4.69) is 21.5 Å². The monoisotopic (exact) mass is 275 g/mol. The third kappa shape index (κ3) is 2.66. The summed E-state index contributed by atoms with van der Waals surface area (Å²) in [6.45, 7) is 7.15. The van der Waals surface area contributed by atoms with Crippen LogP contribution in [0.25, 0.3) is 11.0 Å². The molecule has 0 fully saturated rings. The van der Waals surface area contributed by atoms with Gasteiger partial charge in [-0.25, -0.2) is 4.98 Å². The number of esters is 1. The van der Waals surface area contributed by atoms with E-state index < -0.39 is 0 Å². The quantitative estimate of drug-likeness (QED) is 0.761. The summed E-state index contributed by atoms with van der Waals surface area (Å²) in [7, 11) is 0.